The third-order valence-electron chi connectivity index (χ3n) is 5.53. The van der Waals surface area contributed by atoms with Gasteiger partial charge in [0.25, 0.3) is 5.91 Å². The lowest BCUT2D eigenvalue weighted by molar-refractivity contribution is -0.385. The molecule has 1 amide bonds. The van der Waals surface area contributed by atoms with Crippen LogP contribution in [-0.4, -0.2) is 24.5 Å². The number of nitrogens with zero attached hydrogens (tertiary/aromatic N) is 2. The second-order valence-corrected chi connectivity index (χ2v) is 8.32. The number of halogens is 3. The number of hydrogen-bond donors (Lipinski definition) is 1. The minimum atomic E-state index is -4.79. The van der Waals surface area contributed by atoms with Gasteiger partial charge in [-0.05, 0) is 73.5 Å². The first kappa shape index (κ1) is 30.2. The molecule has 0 radical (unpaired) electrons. The third-order valence-corrected chi connectivity index (χ3v) is 5.53. The predicted octanol–water partition coefficient (Wildman–Crippen LogP) is 7.09. The number of hydrogen-bond acceptors (Lipinski definition) is 7. The Hall–Kier alpha value is -5.31. The SMILES string of the molecule is C=CCc1cc(/C=C(\C#N)C(=O)Nc2ccc(OCC)cc2)cc(OC)c1Oc1ccc(C(F)(F)F)cc1[N+](=O)[O-]. The molecule has 0 aliphatic carbocycles. The van der Waals surface area contributed by atoms with Gasteiger partial charge >= 0.3 is 11.9 Å². The van der Waals surface area contributed by atoms with E-state index in [0.717, 1.165) is 6.07 Å². The van der Waals surface area contributed by atoms with Gasteiger partial charge in [-0.15, -0.1) is 6.58 Å². The molecule has 0 aliphatic heterocycles. The standard InChI is InChI=1S/C29H24F3N3O6/c1-4-6-19-13-18(14-20(17-33)28(36)34-22-8-10-23(11-9-22)40-5-2)15-26(39-3)27(19)41-25-12-7-21(29(30,31)32)16-24(25)35(37)38/h4,7-16H,1,5-6H2,2-3H3,(H,34,36)/b20-14+. The van der Waals surface area contributed by atoms with Crippen LogP contribution in [0.3, 0.4) is 0 Å². The largest absolute Gasteiger partial charge is 0.494 e. The van der Waals surface area contributed by atoms with Crippen molar-refractivity contribution in [3.63, 3.8) is 0 Å². The molecule has 41 heavy (non-hydrogen) atoms. The fraction of sp³-hybridized carbons (Fsp3) is 0.172. The summed E-state index contributed by atoms with van der Waals surface area (Å²) in [5.74, 6) is -0.463. The molecule has 9 nitrogen and oxygen atoms in total. The summed E-state index contributed by atoms with van der Waals surface area (Å²) in [4.78, 5) is 23.3. The molecule has 0 saturated carbocycles. The van der Waals surface area contributed by atoms with Crippen molar-refractivity contribution in [2.24, 2.45) is 0 Å². The van der Waals surface area contributed by atoms with Crippen LogP contribution in [0, 0.1) is 21.4 Å². The number of alkyl halides is 3. The number of ether oxygens (including phenoxy) is 3. The van der Waals surface area contributed by atoms with E-state index in [1.807, 2.05) is 13.0 Å². The van der Waals surface area contributed by atoms with Gasteiger partial charge in [0.15, 0.2) is 11.5 Å². The van der Waals surface area contributed by atoms with Crippen molar-refractivity contribution in [2.75, 3.05) is 19.0 Å². The number of benzene rings is 3. The zero-order valence-corrected chi connectivity index (χ0v) is 21.9. The summed E-state index contributed by atoms with van der Waals surface area (Å²) in [7, 11) is 1.29. The summed E-state index contributed by atoms with van der Waals surface area (Å²) in [6, 6.07) is 13.3. The van der Waals surface area contributed by atoms with Crippen LogP contribution in [0.5, 0.6) is 23.0 Å². The number of carbonyl (C=O) groups is 1. The lowest BCUT2D eigenvalue weighted by Crippen LogP contribution is -2.13. The van der Waals surface area contributed by atoms with E-state index < -0.39 is 34.0 Å². The second kappa shape index (κ2) is 13.2. The van der Waals surface area contributed by atoms with E-state index in [1.54, 1.807) is 24.3 Å². The van der Waals surface area contributed by atoms with E-state index in [1.165, 1.54) is 31.4 Å². The fourth-order valence-electron chi connectivity index (χ4n) is 3.69. The number of amides is 1. The van der Waals surface area contributed by atoms with Gasteiger partial charge in [0.2, 0.25) is 5.75 Å². The highest BCUT2D eigenvalue weighted by atomic mass is 19.4. The number of carbonyl (C=O) groups excluding carboxylic acids is 1. The van der Waals surface area contributed by atoms with E-state index in [-0.39, 0.29) is 23.5 Å². The Bertz CT molecular complexity index is 1530. The number of methoxy groups -OCH3 is 1. The minimum Gasteiger partial charge on any atom is -0.494 e. The molecule has 0 atom stereocenters. The summed E-state index contributed by atoms with van der Waals surface area (Å²) in [6.07, 6.45) is -1.83. The first-order valence-corrected chi connectivity index (χ1v) is 12.0. The number of anilines is 1. The average Bonchev–Trinajstić information content (AvgIpc) is 2.93. The number of rotatable bonds is 11. The molecule has 0 unspecified atom stereocenters. The molecule has 3 aromatic carbocycles. The molecular formula is C29H24F3N3O6. The summed E-state index contributed by atoms with van der Waals surface area (Å²) in [5.41, 5.74) is -1.17. The summed E-state index contributed by atoms with van der Waals surface area (Å²) < 4.78 is 55.8. The lowest BCUT2D eigenvalue weighted by Gasteiger charge is -2.16. The first-order chi connectivity index (χ1) is 19.5. The maximum absolute atomic E-state index is 13.1. The van der Waals surface area contributed by atoms with Gasteiger partial charge in [-0.25, -0.2) is 0 Å². The molecule has 12 heteroatoms. The summed E-state index contributed by atoms with van der Waals surface area (Å²) in [6.45, 7) is 5.99. The highest BCUT2D eigenvalue weighted by molar-refractivity contribution is 6.09. The van der Waals surface area contributed by atoms with Gasteiger partial charge < -0.3 is 19.5 Å². The Morgan fingerprint density at radius 2 is 1.85 bits per heavy atom. The van der Waals surface area contributed by atoms with Crippen LogP contribution in [0.4, 0.5) is 24.5 Å². The van der Waals surface area contributed by atoms with Gasteiger partial charge in [0, 0.05) is 17.3 Å². The number of nitro groups is 1. The molecule has 0 spiro atoms. The number of nitrogens with one attached hydrogen (secondary N) is 1. The van der Waals surface area contributed by atoms with E-state index in [0.29, 0.717) is 41.3 Å². The Morgan fingerprint density at radius 3 is 2.41 bits per heavy atom. The molecule has 0 aliphatic rings. The van der Waals surface area contributed by atoms with Crippen molar-refractivity contribution >= 4 is 23.4 Å². The molecule has 1 N–H and O–H groups in total. The van der Waals surface area contributed by atoms with E-state index in [4.69, 9.17) is 14.2 Å². The van der Waals surface area contributed by atoms with Gasteiger partial charge in [0.1, 0.15) is 17.4 Å². The monoisotopic (exact) mass is 567 g/mol. The van der Waals surface area contributed by atoms with Crippen molar-refractivity contribution in [1.82, 2.24) is 0 Å². The Kier molecular flexibility index (Phi) is 9.71. The van der Waals surface area contributed by atoms with Crippen LogP contribution in [0.2, 0.25) is 0 Å². The van der Waals surface area contributed by atoms with Crippen molar-refractivity contribution < 1.29 is 37.1 Å². The van der Waals surface area contributed by atoms with Crippen molar-refractivity contribution in [3.8, 4) is 29.1 Å². The number of nitriles is 1. The van der Waals surface area contributed by atoms with Gasteiger partial charge in [-0.2, -0.15) is 18.4 Å². The lowest BCUT2D eigenvalue weighted by atomic mass is 10.0. The van der Waals surface area contributed by atoms with Gasteiger partial charge in [-0.1, -0.05) is 6.08 Å². The van der Waals surface area contributed by atoms with E-state index in [2.05, 4.69) is 11.9 Å². The third kappa shape index (κ3) is 7.63. The van der Waals surface area contributed by atoms with Crippen molar-refractivity contribution in [1.29, 1.82) is 5.26 Å². The molecular weight excluding hydrogens is 543 g/mol. The van der Waals surface area contributed by atoms with Crippen LogP contribution < -0.4 is 19.5 Å². The summed E-state index contributed by atoms with van der Waals surface area (Å²) >= 11 is 0. The van der Waals surface area contributed by atoms with E-state index >= 15 is 0 Å². The average molecular weight is 568 g/mol. The maximum atomic E-state index is 13.1. The zero-order valence-electron chi connectivity index (χ0n) is 21.9. The molecule has 3 rings (SSSR count). The smallest absolute Gasteiger partial charge is 0.416 e. The molecule has 0 heterocycles. The molecule has 0 aromatic heterocycles. The predicted molar refractivity (Wildman–Crippen MR) is 145 cm³/mol. The van der Waals surface area contributed by atoms with Crippen LogP contribution in [0.25, 0.3) is 6.08 Å². The Labute approximate surface area is 233 Å². The molecule has 0 fully saturated rings. The van der Waals surface area contributed by atoms with Gasteiger partial charge in [-0.3, -0.25) is 14.9 Å². The molecule has 212 valence electrons. The zero-order chi connectivity index (χ0) is 30.2. The Balaban J connectivity index is 1.98. The van der Waals surface area contributed by atoms with Crippen molar-refractivity contribution in [3.05, 3.63) is 99.6 Å². The van der Waals surface area contributed by atoms with Crippen LogP contribution in [0.15, 0.2) is 72.8 Å². The first-order valence-electron chi connectivity index (χ1n) is 12.0. The van der Waals surface area contributed by atoms with Crippen molar-refractivity contribution in [2.45, 2.75) is 19.5 Å². The number of nitro benzene ring substituents is 1. The highest BCUT2D eigenvalue weighted by Crippen LogP contribution is 2.42. The van der Waals surface area contributed by atoms with Crippen LogP contribution in [0.1, 0.15) is 23.6 Å². The molecule has 0 bridgehead atoms. The minimum absolute atomic E-state index is 0.00949. The summed E-state index contributed by atoms with van der Waals surface area (Å²) in [5, 5.41) is 23.8. The van der Waals surface area contributed by atoms with Gasteiger partial charge in [0.05, 0.1) is 24.2 Å². The normalized spacial score (nSPS) is 11.3. The maximum Gasteiger partial charge on any atom is 0.416 e. The highest BCUT2D eigenvalue weighted by Gasteiger charge is 2.33. The molecule has 3 aromatic rings. The van der Waals surface area contributed by atoms with Crippen LogP contribution >= 0.6 is 0 Å². The molecule has 0 saturated heterocycles. The fourth-order valence-corrected chi connectivity index (χ4v) is 3.69. The van der Waals surface area contributed by atoms with Crippen LogP contribution in [-0.2, 0) is 17.4 Å². The second-order valence-electron chi connectivity index (χ2n) is 8.32. The topological polar surface area (TPSA) is 124 Å². The Morgan fingerprint density at radius 1 is 1.15 bits per heavy atom. The number of allylic oxidation sites excluding steroid dienone is 1. The quantitative estimate of drug-likeness (QED) is 0.0863. The van der Waals surface area contributed by atoms with E-state index in [9.17, 15) is 33.3 Å².